The average molecular weight is 953 g/mol. The van der Waals surface area contributed by atoms with Crippen LogP contribution >= 0.6 is 39.1 Å². The third kappa shape index (κ3) is 10.1. The summed E-state index contributed by atoms with van der Waals surface area (Å²) in [6.07, 6.45) is -3.73. The Morgan fingerprint density at radius 1 is 0.724 bits per heavy atom. The van der Waals surface area contributed by atoms with Crippen LogP contribution in [0.4, 0.5) is 37.7 Å². The van der Waals surface area contributed by atoms with Crippen molar-refractivity contribution >= 4 is 87.4 Å². The second-order valence-corrected chi connectivity index (χ2v) is 17.0. The molecule has 2 aromatic carbocycles. The number of halogens is 9. The fourth-order valence-electron chi connectivity index (χ4n) is 5.48. The quantitative estimate of drug-likeness (QED) is 0.0694. The Hall–Kier alpha value is -4.76. The number of rotatable bonds is 10. The van der Waals surface area contributed by atoms with Gasteiger partial charge in [0.25, 0.3) is 20.0 Å². The first-order chi connectivity index (χ1) is 27.1. The number of sulfonamides is 2. The molecule has 58 heavy (non-hydrogen) atoms. The summed E-state index contributed by atoms with van der Waals surface area (Å²) < 4.78 is 135. The van der Waals surface area contributed by atoms with Crippen LogP contribution in [-0.4, -0.2) is 42.6 Å². The molecule has 0 atom stereocenters. The molecule has 11 nitrogen and oxygen atoms in total. The maximum atomic E-state index is 13.4. The summed E-state index contributed by atoms with van der Waals surface area (Å²) in [6, 6.07) is 11.2. The first kappa shape index (κ1) is 44.3. The molecule has 0 fully saturated rings. The number of alkyl halides is 6. The smallest absolute Gasteiger partial charge is 0.346 e. The first-order valence-corrected chi connectivity index (χ1v) is 21.0. The van der Waals surface area contributed by atoms with Crippen LogP contribution in [0, 0.1) is 0 Å². The molecule has 0 radical (unpaired) electrons. The minimum absolute atomic E-state index is 0.0204. The third-order valence-corrected chi connectivity index (χ3v) is 12.0. The van der Waals surface area contributed by atoms with Gasteiger partial charge in [0.15, 0.2) is 0 Å². The highest BCUT2D eigenvalue weighted by atomic mass is 79.9. The van der Waals surface area contributed by atoms with E-state index in [0.29, 0.717) is 23.2 Å². The lowest BCUT2D eigenvalue weighted by Crippen LogP contribution is -2.18. The summed E-state index contributed by atoms with van der Waals surface area (Å²) in [7, 11) is -8.77. The van der Waals surface area contributed by atoms with E-state index in [9.17, 15) is 48.0 Å². The molecule has 0 saturated heterocycles. The Bertz CT molecular complexity index is 2750. The lowest BCUT2D eigenvalue weighted by Gasteiger charge is -2.15. The Morgan fingerprint density at radius 2 is 1.22 bits per heavy atom. The van der Waals surface area contributed by atoms with Gasteiger partial charge in [-0.15, -0.1) is 0 Å². The highest BCUT2D eigenvalue weighted by molar-refractivity contribution is 9.10. The number of pyridine rings is 3. The van der Waals surface area contributed by atoms with Crippen LogP contribution in [0.2, 0.25) is 10.0 Å². The third-order valence-electron chi connectivity index (χ3n) is 8.22. The van der Waals surface area contributed by atoms with Crippen LogP contribution in [0.15, 0.2) is 99.8 Å². The summed E-state index contributed by atoms with van der Waals surface area (Å²) in [5.41, 5.74) is -1.93. The summed E-state index contributed by atoms with van der Waals surface area (Å²) >= 11 is 14.8. The summed E-state index contributed by atoms with van der Waals surface area (Å²) in [4.78, 5) is 26.9. The number of aromatic nitrogens is 4. The van der Waals surface area contributed by atoms with Crippen molar-refractivity contribution in [2.45, 2.75) is 48.8 Å². The molecule has 4 heterocycles. The monoisotopic (exact) mass is 950 g/mol. The van der Waals surface area contributed by atoms with Gasteiger partial charge in [0.2, 0.25) is 5.78 Å². The van der Waals surface area contributed by atoms with Gasteiger partial charge >= 0.3 is 12.4 Å². The average Bonchev–Trinajstić information content (AvgIpc) is 3.64. The Morgan fingerprint density at radius 3 is 1.74 bits per heavy atom. The molecule has 0 aliphatic carbocycles. The number of carbonyl (C=O) groups excluding carboxylic acids is 1. The number of hydrogen-bond donors (Lipinski definition) is 3. The van der Waals surface area contributed by atoms with Gasteiger partial charge in [0.1, 0.15) is 15.9 Å². The van der Waals surface area contributed by atoms with E-state index in [1.54, 1.807) is 19.2 Å². The number of fused-ring (bicyclic) bond motifs is 1. The van der Waals surface area contributed by atoms with Crippen LogP contribution in [0.1, 0.15) is 52.2 Å². The number of aryl methyl sites for hydroxylation is 2. The molecule has 6 aromatic rings. The van der Waals surface area contributed by atoms with Gasteiger partial charge in [0, 0.05) is 35.7 Å². The Balaban J connectivity index is 0.000000235. The number of aromatic amines is 1. The zero-order valence-electron chi connectivity index (χ0n) is 29.6. The molecule has 3 N–H and O–H groups in total. The van der Waals surface area contributed by atoms with E-state index in [4.69, 9.17) is 23.2 Å². The molecule has 0 unspecified atom stereocenters. The van der Waals surface area contributed by atoms with E-state index < -0.39 is 59.1 Å². The number of nitrogens with zero attached hydrogens (tertiary/aromatic N) is 3. The van der Waals surface area contributed by atoms with Gasteiger partial charge in [-0.05, 0) is 88.4 Å². The second kappa shape index (κ2) is 17.2. The highest BCUT2D eigenvalue weighted by Gasteiger charge is 2.36. The normalized spacial score (nSPS) is 12.2. The van der Waals surface area contributed by atoms with Gasteiger partial charge in [-0.25, -0.2) is 31.8 Å². The van der Waals surface area contributed by atoms with Crippen molar-refractivity contribution in [1.29, 1.82) is 0 Å². The molecule has 0 spiro atoms. The molecule has 4 aromatic heterocycles. The molecule has 0 amide bonds. The minimum atomic E-state index is -4.74. The van der Waals surface area contributed by atoms with E-state index in [1.807, 2.05) is 0 Å². The molecule has 22 heteroatoms. The predicted molar refractivity (Wildman–Crippen MR) is 209 cm³/mol. The predicted octanol–water partition coefficient (Wildman–Crippen LogP) is 10.1. The van der Waals surface area contributed by atoms with Gasteiger partial charge in [-0.3, -0.25) is 14.2 Å². The van der Waals surface area contributed by atoms with Crippen molar-refractivity contribution in [3.8, 4) is 0 Å². The van der Waals surface area contributed by atoms with Crippen molar-refractivity contribution in [3.63, 3.8) is 0 Å². The van der Waals surface area contributed by atoms with Crippen molar-refractivity contribution in [1.82, 2.24) is 19.9 Å². The zero-order chi connectivity index (χ0) is 42.8. The lowest BCUT2D eigenvalue weighted by molar-refractivity contribution is -0.139. The van der Waals surface area contributed by atoms with E-state index in [0.717, 1.165) is 24.3 Å². The maximum Gasteiger partial charge on any atom is 0.416 e. The number of nitrogens with one attached hydrogen (secondary N) is 3. The number of anilines is 2. The van der Waals surface area contributed by atoms with Crippen molar-refractivity contribution in [2.75, 3.05) is 9.44 Å². The summed E-state index contributed by atoms with van der Waals surface area (Å²) in [5.74, 6) is -0.626. The molecule has 306 valence electrons. The summed E-state index contributed by atoms with van der Waals surface area (Å²) in [5, 5.41) is 0.685. The molecule has 0 aliphatic rings. The van der Waals surface area contributed by atoms with Crippen molar-refractivity contribution < 1.29 is 48.0 Å². The lowest BCUT2D eigenvalue weighted by atomic mass is 10.0. The van der Waals surface area contributed by atoms with Crippen molar-refractivity contribution in [3.05, 3.63) is 134 Å². The topological polar surface area (TPSA) is 164 Å². The fraction of sp³-hybridized carbons (Fsp3) is 0.167. The fourth-order valence-corrected chi connectivity index (χ4v) is 8.41. The van der Waals surface area contributed by atoms with Gasteiger partial charge in [-0.2, -0.15) is 26.3 Å². The van der Waals surface area contributed by atoms with Crippen LogP contribution < -0.4 is 9.44 Å². The van der Waals surface area contributed by atoms with Gasteiger partial charge in [-0.1, -0.05) is 49.2 Å². The SMILES string of the molecule is CCc1ccc(S(=O)(=O)Nc2cc(Cl)cnc2Br)cc1C(F)(F)F.CCc1ccc(S(=O)(=O)Nc2cc(Cl)cnc2C(=O)c2ccnc3[nH]ccc23)cc1C(F)(F)F. The molecule has 6 rings (SSSR count). The molecular formula is C36H27BrCl2F6N6O5S2. The largest absolute Gasteiger partial charge is 0.416 e. The van der Waals surface area contributed by atoms with Crippen LogP contribution in [0.25, 0.3) is 11.0 Å². The zero-order valence-corrected chi connectivity index (χ0v) is 34.3. The Labute approximate surface area is 345 Å². The minimum Gasteiger partial charge on any atom is -0.346 e. The molecule has 0 saturated carbocycles. The highest BCUT2D eigenvalue weighted by Crippen LogP contribution is 2.36. The number of carbonyl (C=O) groups is 1. The van der Waals surface area contributed by atoms with Crippen LogP contribution in [-0.2, 0) is 45.2 Å². The van der Waals surface area contributed by atoms with E-state index >= 15 is 0 Å². The van der Waals surface area contributed by atoms with Crippen LogP contribution in [0.5, 0.6) is 0 Å². The van der Waals surface area contributed by atoms with Crippen LogP contribution in [0.3, 0.4) is 0 Å². The van der Waals surface area contributed by atoms with E-state index in [1.165, 1.54) is 43.7 Å². The standard InChI is InChI=1S/C22H16ClF3N4O3S.C14H11BrClF3N2O2S/c1-2-12-3-4-14(10-17(12)22(24,25)26)34(32,33)30-18-9-13(23)11-29-19(18)20(31)15-5-7-27-21-16(15)6-8-28-21;1-2-8-3-4-10(6-11(8)14(17,18)19)24(22,23)21-12-5-9(16)7-20-13(12)15/h3-11,30H,2H2,1H3,(H,27,28);3-7,21H,2H2,1H3. The molecule has 0 aliphatic heterocycles. The van der Waals surface area contributed by atoms with E-state index in [-0.39, 0.29) is 61.2 Å². The number of H-pyrrole nitrogens is 1. The molecule has 0 bridgehead atoms. The van der Waals surface area contributed by atoms with Gasteiger partial charge in [0.05, 0.1) is 42.3 Å². The number of ketones is 1. The van der Waals surface area contributed by atoms with E-state index in [2.05, 4.69) is 45.3 Å². The maximum absolute atomic E-state index is 13.4. The number of hydrogen-bond acceptors (Lipinski definition) is 8. The number of benzene rings is 2. The van der Waals surface area contributed by atoms with Crippen molar-refractivity contribution in [2.24, 2.45) is 0 Å². The first-order valence-electron chi connectivity index (χ1n) is 16.4. The molecular weight excluding hydrogens is 925 g/mol. The Kier molecular flexibility index (Phi) is 13.2. The van der Waals surface area contributed by atoms with Gasteiger partial charge < -0.3 is 4.98 Å². The summed E-state index contributed by atoms with van der Waals surface area (Å²) in [6.45, 7) is 3.10. The second-order valence-electron chi connectivity index (χ2n) is 12.0.